The van der Waals surface area contributed by atoms with Gasteiger partial charge in [0, 0.05) is 18.0 Å². The Morgan fingerprint density at radius 1 is 1.53 bits per heavy atom. The first kappa shape index (κ1) is 13.5. The summed E-state index contributed by atoms with van der Waals surface area (Å²) in [4.78, 5) is 24.8. The number of amides is 2. The lowest BCUT2D eigenvalue weighted by Crippen LogP contribution is -2.58. The fourth-order valence-electron chi connectivity index (χ4n) is 3.11. The summed E-state index contributed by atoms with van der Waals surface area (Å²) >= 11 is 0. The third-order valence-corrected chi connectivity index (χ3v) is 4.19. The van der Waals surface area contributed by atoms with Gasteiger partial charge < -0.3 is 5.73 Å². The number of rotatable bonds is 3. The van der Waals surface area contributed by atoms with Gasteiger partial charge in [-0.15, -0.1) is 0 Å². The van der Waals surface area contributed by atoms with E-state index in [1.165, 1.54) is 0 Å². The summed E-state index contributed by atoms with van der Waals surface area (Å²) in [6.45, 7) is 2.01. The molecule has 0 radical (unpaired) electrons. The van der Waals surface area contributed by atoms with E-state index in [1.807, 2.05) is 44.1 Å². The fraction of sp³-hybridized carbons (Fsp3) is 0.429. The highest BCUT2D eigenvalue weighted by Gasteiger charge is 2.51. The summed E-state index contributed by atoms with van der Waals surface area (Å²) < 4.78 is 0. The highest BCUT2D eigenvalue weighted by atomic mass is 16.2. The van der Waals surface area contributed by atoms with Crippen LogP contribution < -0.4 is 11.1 Å². The average molecular weight is 261 g/mol. The number of hydrogen-bond donors (Lipinski definition) is 2. The van der Waals surface area contributed by atoms with E-state index in [0.29, 0.717) is 18.5 Å². The van der Waals surface area contributed by atoms with Crippen LogP contribution >= 0.6 is 0 Å². The first-order valence-corrected chi connectivity index (χ1v) is 6.24. The van der Waals surface area contributed by atoms with Gasteiger partial charge in [0.2, 0.25) is 12.3 Å². The second kappa shape index (κ2) is 4.66. The predicted molar refractivity (Wildman–Crippen MR) is 73.6 cm³/mol. The topological polar surface area (TPSA) is 75.4 Å². The molecule has 0 heterocycles. The molecule has 1 aliphatic carbocycles. The smallest absolute Gasteiger partial charge is 0.247 e. The molecule has 0 aliphatic heterocycles. The molecule has 2 unspecified atom stereocenters. The van der Waals surface area contributed by atoms with Gasteiger partial charge in [0.15, 0.2) is 0 Å². The van der Waals surface area contributed by atoms with E-state index in [2.05, 4.69) is 5.32 Å². The summed E-state index contributed by atoms with van der Waals surface area (Å²) in [6, 6.07) is 5.72. The number of benzene rings is 1. The van der Waals surface area contributed by atoms with E-state index in [-0.39, 0.29) is 11.8 Å². The van der Waals surface area contributed by atoms with Gasteiger partial charge in [-0.1, -0.05) is 13.0 Å². The summed E-state index contributed by atoms with van der Waals surface area (Å²) in [6.07, 6.45) is 0.999. The first-order chi connectivity index (χ1) is 8.93. The number of nitrogen functional groups attached to an aromatic ring is 1. The lowest BCUT2D eigenvalue weighted by molar-refractivity contribution is -0.135. The molecule has 19 heavy (non-hydrogen) atoms. The minimum absolute atomic E-state index is 0.00181. The lowest BCUT2D eigenvalue weighted by Gasteiger charge is -2.38. The summed E-state index contributed by atoms with van der Waals surface area (Å²) in [5, 5.41) is 2.30. The van der Waals surface area contributed by atoms with Gasteiger partial charge in [-0.2, -0.15) is 0 Å². The van der Waals surface area contributed by atoms with Gasteiger partial charge in [0.05, 0.1) is 0 Å². The van der Waals surface area contributed by atoms with Crippen molar-refractivity contribution in [2.75, 3.05) is 19.8 Å². The predicted octanol–water partition coefficient (Wildman–Crippen LogP) is 0.501. The summed E-state index contributed by atoms with van der Waals surface area (Å²) in [5.74, 6) is -0.271. The molecule has 5 heteroatoms. The van der Waals surface area contributed by atoms with Crippen LogP contribution in [-0.4, -0.2) is 36.9 Å². The van der Waals surface area contributed by atoms with Crippen LogP contribution in [-0.2, 0) is 16.0 Å². The van der Waals surface area contributed by atoms with Crippen LogP contribution in [0.25, 0.3) is 0 Å². The quantitative estimate of drug-likeness (QED) is 0.614. The van der Waals surface area contributed by atoms with Gasteiger partial charge in [-0.05, 0) is 37.4 Å². The molecule has 1 aromatic rings. The van der Waals surface area contributed by atoms with Gasteiger partial charge in [-0.3, -0.25) is 19.8 Å². The Morgan fingerprint density at radius 2 is 2.21 bits per heavy atom. The third kappa shape index (κ3) is 1.90. The Hall–Kier alpha value is -1.88. The zero-order valence-electron chi connectivity index (χ0n) is 11.4. The third-order valence-electron chi connectivity index (χ3n) is 4.19. The highest BCUT2D eigenvalue weighted by molar-refractivity contribution is 5.95. The van der Waals surface area contributed by atoms with Crippen LogP contribution in [0.2, 0.25) is 0 Å². The van der Waals surface area contributed by atoms with Crippen molar-refractivity contribution in [2.24, 2.45) is 0 Å². The zero-order valence-corrected chi connectivity index (χ0v) is 11.4. The van der Waals surface area contributed by atoms with E-state index in [4.69, 9.17) is 5.73 Å². The van der Waals surface area contributed by atoms with Crippen LogP contribution in [0.4, 0.5) is 5.69 Å². The lowest BCUT2D eigenvalue weighted by atomic mass is 9.84. The number of hydrogen-bond acceptors (Lipinski definition) is 4. The van der Waals surface area contributed by atoms with E-state index in [9.17, 15) is 9.59 Å². The Balaban J connectivity index is 2.50. The van der Waals surface area contributed by atoms with Crippen molar-refractivity contribution in [3.8, 4) is 0 Å². The Labute approximate surface area is 112 Å². The molecule has 5 nitrogen and oxygen atoms in total. The summed E-state index contributed by atoms with van der Waals surface area (Å²) in [7, 11) is 3.71. The molecule has 0 fully saturated rings. The van der Waals surface area contributed by atoms with E-state index >= 15 is 0 Å². The number of anilines is 1. The number of nitrogens with one attached hydrogen (secondary N) is 1. The molecule has 0 aromatic heterocycles. The number of imide groups is 1. The van der Waals surface area contributed by atoms with Crippen molar-refractivity contribution >= 4 is 18.0 Å². The van der Waals surface area contributed by atoms with Crippen LogP contribution in [0.1, 0.15) is 24.0 Å². The number of nitrogens with two attached hydrogens (primary N) is 1. The van der Waals surface area contributed by atoms with Gasteiger partial charge in [0.1, 0.15) is 5.54 Å². The Morgan fingerprint density at radius 3 is 2.79 bits per heavy atom. The second-order valence-corrected chi connectivity index (χ2v) is 5.27. The minimum Gasteiger partial charge on any atom is -0.399 e. The normalized spacial score (nSPS) is 25.2. The van der Waals surface area contributed by atoms with Crippen molar-refractivity contribution < 1.29 is 9.59 Å². The number of carbonyl (C=O) groups excluding carboxylic acids is 2. The molecule has 2 rings (SSSR count). The molecule has 2 atom stereocenters. The molecule has 3 N–H and O–H groups in total. The van der Waals surface area contributed by atoms with Crippen LogP contribution in [0, 0.1) is 0 Å². The standard InChI is InChI=1S/C14H19N3O2/c1-9-12-5-4-11(15)6-10(12)7-14(9,17(2)3)13(19)16-8-18/h4-6,8-9H,7,15H2,1-3H3,(H,16,18,19). The van der Waals surface area contributed by atoms with Crippen LogP contribution in [0.15, 0.2) is 18.2 Å². The number of likely N-dealkylation sites (N-methyl/N-ethyl adjacent to an activating group) is 1. The Bertz CT molecular complexity index is 527. The molecule has 1 aromatic carbocycles. The molecule has 0 saturated heterocycles. The van der Waals surface area contributed by atoms with Gasteiger partial charge in [-0.25, -0.2) is 0 Å². The summed E-state index contributed by atoms with van der Waals surface area (Å²) in [5.41, 5.74) is 7.94. The average Bonchev–Trinajstić information content (AvgIpc) is 2.63. The van der Waals surface area contributed by atoms with Crippen molar-refractivity contribution in [1.29, 1.82) is 0 Å². The maximum Gasteiger partial charge on any atom is 0.247 e. The van der Waals surface area contributed by atoms with Crippen molar-refractivity contribution in [1.82, 2.24) is 10.2 Å². The first-order valence-electron chi connectivity index (χ1n) is 6.24. The maximum absolute atomic E-state index is 12.4. The SMILES string of the molecule is CC1c2ccc(N)cc2CC1(C(=O)NC=O)N(C)C. The number of nitrogens with zero attached hydrogens (tertiary/aromatic N) is 1. The van der Waals surface area contributed by atoms with E-state index < -0.39 is 5.54 Å². The molecular weight excluding hydrogens is 242 g/mol. The van der Waals surface area contributed by atoms with Crippen molar-refractivity contribution in [3.63, 3.8) is 0 Å². The van der Waals surface area contributed by atoms with Crippen LogP contribution in [0.5, 0.6) is 0 Å². The van der Waals surface area contributed by atoms with E-state index in [1.54, 1.807) is 0 Å². The van der Waals surface area contributed by atoms with Crippen molar-refractivity contribution in [2.45, 2.75) is 24.8 Å². The van der Waals surface area contributed by atoms with E-state index in [0.717, 1.165) is 11.1 Å². The zero-order chi connectivity index (χ0) is 14.2. The van der Waals surface area contributed by atoms with Gasteiger partial charge in [0.25, 0.3) is 0 Å². The molecule has 2 amide bonds. The number of carbonyl (C=O) groups is 2. The van der Waals surface area contributed by atoms with Crippen molar-refractivity contribution in [3.05, 3.63) is 29.3 Å². The fourth-order valence-corrected chi connectivity index (χ4v) is 3.11. The maximum atomic E-state index is 12.4. The molecule has 0 spiro atoms. The second-order valence-electron chi connectivity index (χ2n) is 5.27. The highest BCUT2D eigenvalue weighted by Crippen LogP contribution is 2.44. The monoisotopic (exact) mass is 261 g/mol. The van der Waals surface area contributed by atoms with Crippen LogP contribution in [0.3, 0.4) is 0 Å². The van der Waals surface area contributed by atoms with Gasteiger partial charge >= 0.3 is 0 Å². The molecule has 102 valence electrons. The largest absolute Gasteiger partial charge is 0.399 e. The Kier molecular flexibility index (Phi) is 3.32. The molecule has 1 aliphatic rings. The molecule has 0 bridgehead atoms. The minimum atomic E-state index is -0.739. The molecule has 0 saturated carbocycles. The number of fused-ring (bicyclic) bond motifs is 1. The molecular formula is C14H19N3O2.